The predicted octanol–water partition coefficient (Wildman–Crippen LogP) is 16.6. The van der Waals surface area contributed by atoms with Gasteiger partial charge < -0.3 is 4.74 Å². The van der Waals surface area contributed by atoms with E-state index in [0.717, 1.165) is 52.1 Å². The van der Waals surface area contributed by atoms with Gasteiger partial charge in [-0.1, -0.05) is 253 Å². The molecule has 0 radical (unpaired) electrons. The molecular weight excluding hydrogens is 1670 g/mol. The van der Waals surface area contributed by atoms with Crippen LogP contribution in [0.3, 0.4) is 0 Å². The number of hydrogen-bond donors (Lipinski definition) is 2. The SMILES string of the molecule is CC1(C)C(=O)NS(=O)(=O)c2ccccc21.CC1(C)COc2ccccc21.CC1(C)CS(=O)(=O)c2ccccc21.CC1(C)CS(=O)c2ccccc21.CC1(C)CSc2ccccc21.CC1(C)c2ccccc2C(=O)NS1(=O)=O.CN1CC(C)(C)c2ccccc2S1(=O)=O.CN1CC(C)(C)c2ccccc2S1=O.CN1Cc2ccccc2C(C)(C)S1=O. The van der Waals surface area contributed by atoms with Gasteiger partial charge in [0.15, 0.2) is 9.84 Å². The average Bonchev–Trinajstić information content (AvgIpc) is 1.26. The van der Waals surface area contributed by atoms with Crippen LogP contribution in [0.25, 0.3) is 0 Å². The Hall–Kier alpha value is -7.80. The number of fused-ring (bicyclic) bond motifs is 9. The van der Waals surface area contributed by atoms with Crippen LogP contribution in [0.1, 0.15) is 191 Å². The van der Waals surface area contributed by atoms with Crippen LogP contribution in [-0.4, -0.2) is 129 Å². The van der Waals surface area contributed by atoms with Crippen LogP contribution in [-0.2, 0) is 131 Å². The van der Waals surface area contributed by atoms with Crippen molar-refractivity contribution in [3.8, 4) is 5.75 Å². The van der Waals surface area contributed by atoms with Crippen LogP contribution in [0.4, 0.5) is 0 Å². The molecule has 18 rings (SSSR count). The molecule has 9 aliphatic heterocycles. The van der Waals surface area contributed by atoms with Gasteiger partial charge in [0.05, 0.1) is 52.9 Å². The number of ether oxygens (including phenoxy) is 1. The average molecular weight is 1780 g/mol. The molecule has 0 fully saturated rings. The van der Waals surface area contributed by atoms with Crippen LogP contribution >= 0.6 is 11.8 Å². The Morgan fingerprint density at radius 3 is 1.45 bits per heavy atom. The summed E-state index contributed by atoms with van der Waals surface area (Å²) >= 11 is 1.97. The minimum absolute atomic E-state index is 0.0965. The Bertz CT molecular complexity index is 5880. The molecule has 3 atom stereocenters. The normalized spacial score (nSPS) is 22.9. The highest BCUT2D eigenvalue weighted by atomic mass is 32.2. The van der Waals surface area contributed by atoms with E-state index in [9.17, 15) is 55.9 Å². The quantitative estimate of drug-likeness (QED) is 0.143. The minimum atomic E-state index is -3.66. The predicted molar refractivity (Wildman–Crippen MR) is 485 cm³/mol. The molecule has 0 saturated carbocycles. The monoisotopic (exact) mass is 1780 g/mol. The van der Waals surface area contributed by atoms with Gasteiger partial charge in [0, 0.05) is 106 Å². The molecule has 9 aromatic rings. The fourth-order valence-corrected chi connectivity index (χ4v) is 28.7. The zero-order chi connectivity index (χ0) is 88.7. The first-order chi connectivity index (χ1) is 55.6. The lowest BCUT2D eigenvalue weighted by Crippen LogP contribution is -2.48. The number of nitrogens with one attached hydrogen (secondary N) is 2. The molecule has 2 N–H and O–H groups in total. The molecule has 19 nitrogen and oxygen atoms in total. The number of amides is 2. The zero-order valence-corrected chi connectivity index (χ0v) is 79.1. The number of sulfonamides is 3. The van der Waals surface area contributed by atoms with E-state index in [-0.39, 0.29) is 42.5 Å². The highest BCUT2D eigenvalue weighted by Crippen LogP contribution is 2.46. The molecule has 0 aliphatic carbocycles. The lowest BCUT2D eigenvalue weighted by molar-refractivity contribution is -0.124. The van der Waals surface area contributed by atoms with Gasteiger partial charge in [-0.15, -0.1) is 11.8 Å². The van der Waals surface area contributed by atoms with Gasteiger partial charge in [0.1, 0.15) is 32.5 Å². The minimum Gasteiger partial charge on any atom is -0.492 e. The van der Waals surface area contributed by atoms with E-state index in [0.29, 0.717) is 38.4 Å². The Labute approximate surface area is 724 Å². The lowest BCUT2D eigenvalue weighted by Gasteiger charge is -2.37. The van der Waals surface area contributed by atoms with E-state index < -0.39 is 94.7 Å². The van der Waals surface area contributed by atoms with Crippen LogP contribution in [0.5, 0.6) is 5.75 Å². The van der Waals surface area contributed by atoms with E-state index in [1.54, 1.807) is 101 Å². The van der Waals surface area contributed by atoms with Crippen molar-refractivity contribution in [3.63, 3.8) is 0 Å². The number of benzene rings is 9. The number of hydrogen-bond acceptors (Lipinski definition) is 15. The number of sulfone groups is 1. The van der Waals surface area contributed by atoms with Crippen molar-refractivity contribution in [3.05, 3.63) is 280 Å². The van der Waals surface area contributed by atoms with E-state index in [1.165, 1.54) is 54.4 Å². The molecule has 0 spiro atoms. The maximum absolute atomic E-state index is 12.0. The fraction of sp³-hybridized carbons (Fsp3) is 0.398. The molecule has 120 heavy (non-hydrogen) atoms. The molecular formula is C93H115N5O14S8. The Morgan fingerprint density at radius 2 is 0.875 bits per heavy atom. The molecule has 0 saturated heterocycles. The number of para-hydroxylation sites is 1. The molecule has 3 unspecified atom stereocenters. The first-order valence-corrected chi connectivity index (χ1v) is 50.2. The number of carbonyl (C=O) groups excluding carboxylic acids is 2. The van der Waals surface area contributed by atoms with E-state index in [1.807, 2.05) is 157 Å². The van der Waals surface area contributed by atoms with Crippen molar-refractivity contribution in [1.29, 1.82) is 0 Å². The maximum Gasteiger partial charge on any atom is 0.265 e. The largest absolute Gasteiger partial charge is 0.492 e. The van der Waals surface area contributed by atoms with Gasteiger partial charge in [0.2, 0.25) is 26.0 Å². The van der Waals surface area contributed by atoms with Gasteiger partial charge in [-0.05, 0) is 140 Å². The highest BCUT2D eigenvalue weighted by molar-refractivity contribution is 7.99. The van der Waals surface area contributed by atoms with Crippen molar-refractivity contribution in [2.75, 3.05) is 58.1 Å². The highest BCUT2D eigenvalue weighted by Gasteiger charge is 2.47. The molecule has 644 valence electrons. The summed E-state index contributed by atoms with van der Waals surface area (Å²) < 4.78 is 143. The number of carbonyl (C=O) groups is 2. The van der Waals surface area contributed by atoms with E-state index >= 15 is 0 Å². The zero-order valence-electron chi connectivity index (χ0n) is 72.6. The van der Waals surface area contributed by atoms with Gasteiger partial charge in [0.25, 0.3) is 15.9 Å². The van der Waals surface area contributed by atoms with Crippen molar-refractivity contribution < 1.29 is 60.6 Å². The van der Waals surface area contributed by atoms with Crippen molar-refractivity contribution in [2.24, 2.45) is 0 Å². The lowest BCUT2D eigenvalue weighted by atomic mass is 9.84. The number of rotatable bonds is 0. The van der Waals surface area contributed by atoms with Crippen LogP contribution in [0.15, 0.2) is 248 Å². The molecule has 27 heteroatoms. The number of thioether (sulfide) groups is 1. The third-order valence-electron chi connectivity index (χ3n) is 23.0. The summed E-state index contributed by atoms with van der Waals surface area (Å²) in [5.74, 6) is 2.25. The molecule has 9 aliphatic rings. The second-order valence-electron chi connectivity index (χ2n) is 36.7. The van der Waals surface area contributed by atoms with Crippen LogP contribution in [0, 0.1) is 0 Å². The summed E-state index contributed by atoms with van der Waals surface area (Å²) in [6, 6.07) is 69.1. The van der Waals surface area contributed by atoms with Crippen LogP contribution < -0.4 is 14.2 Å². The second kappa shape index (κ2) is 35.4. The smallest absolute Gasteiger partial charge is 0.265 e. The Balaban J connectivity index is 0.000000142. The summed E-state index contributed by atoms with van der Waals surface area (Å²) in [5, 5.41) is 0. The van der Waals surface area contributed by atoms with E-state index in [2.05, 4.69) is 130 Å². The molecule has 0 aromatic heterocycles. The van der Waals surface area contributed by atoms with E-state index in [4.69, 9.17) is 4.74 Å². The fourth-order valence-electron chi connectivity index (χ4n) is 16.1. The summed E-state index contributed by atoms with van der Waals surface area (Å²) in [5.41, 5.74) is 10.9. The number of likely N-dealkylation sites (N-methyl/N-ethyl adjacent to an activating group) is 2. The maximum atomic E-state index is 12.0. The number of nitrogens with zero attached hydrogens (tertiary/aromatic N) is 3. The van der Waals surface area contributed by atoms with Gasteiger partial charge in [-0.2, -0.15) is 0 Å². The molecule has 2 amide bonds. The van der Waals surface area contributed by atoms with Crippen molar-refractivity contribution in [2.45, 2.75) is 208 Å². The Morgan fingerprint density at radius 1 is 0.417 bits per heavy atom. The third-order valence-corrected chi connectivity index (χ3v) is 37.0. The van der Waals surface area contributed by atoms with Gasteiger partial charge in [-0.3, -0.25) is 13.8 Å². The topological polar surface area (TPSA) is 265 Å². The first-order valence-electron chi connectivity index (χ1n) is 39.7. The summed E-state index contributed by atoms with van der Waals surface area (Å²) in [6.45, 7) is 39.4. The van der Waals surface area contributed by atoms with Crippen molar-refractivity contribution in [1.82, 2.24) is 22.4 Å². The molecule has 9 aromatic carbocycles. The third kappa shape index (κ3) is 19.9. The van der Waals surface area contributed by atoms with Crippen molar-refractivity contribution >= 4 is 96.3 Å². The summed E-state index contributed by atoms with van der Waals surface area (Å²) in [4.78, 5) is 27.7. The summed E-state index contributed by atoms with van der Waals surface area (Å²) in [7, 11) is -10.8. The first kappa shape index (κ1) is 94.4. The second-order valence-corrected chi connectivity index (χ2v) is 50.6. The molecule has 9 heterocycles. The van der Waals surface area contributed by atoms with Gasteiger partial charge in [-0.25, -0.2) is 64.4 Å². The standard InChI is InChI=1S/C11H15NO2S.2C11H15NOS.2C10H11NO3S.C10H12O2S.C10H12OS.C10H12O.C10H12S/c1-11(2)8-12(3)15(13,14)10-7-5-4-6-9(10)11;1-11(2)8-12(3)14(13)10-7-5-4-6-9(10)11;1-11(2)10-7-5-4-6-9(10)8-12(3)14(11)13;1-10(2)7-5-3-4-6-8(7)15(13,14)11-9(10)12;1-10(2)8-6-4-3-5-7(8)9(12)11-15(10,13)14;1-10(2)7-13(11,12)9-6-4-3-5-8(9)10;1-10(2)7-12(11)9-6-4-3-5-8(9)10;2*1-10(2)7-11-9-6-4-3-5-8(9)10/h4-7H,8H2,1-3H3;2*4-7H,8H2,1-3H3;2*3-6H,1-2H3,(H,11,12);3-6H,7H2,1-2H3;3-6H,7H2,1-2H3;2*3-6H,7H2,1-2H3. The Kier molecular flexibility index (Phi) is 27.9. The molecule has 0 bridgehead atoms. The van der Waals surface area contributed by atoms with Crippen LogP contribution in [0.2, 0.25) is 0 Å². The summed E-state index contributed by atoms with van der Waals surface area (Å²) in [6.07, 6.45) is 0. The van der Waals surface area contributed by atoms with Gasteiger partial charge >= 0.3 is 0 Å².